The van der Waals surface area contributed by atoms with Crippen LogP contribution < -0.4 is 10.0 Å². The Morgan fingerprint density at radius 1 is 1.15 bits per heavy atom. The first-order chi connectivity index (χ1) is 12.7. The van der Waals surface area contributed by atoms with Gasteiger partial charge in [0.05, 0.1) is 4.90 Å². The van der Waals surface area contributed by atoms with E-state index in [2.05, 4.69) is 10.0 Å². The summed E-state index contributed by atoms with van der Waals surface area (Å²) in [7, 11) is -3.59. The molecule has 0 aromatic heterocycles. The van der Waals surface area contributed by atoms with E-state index >= 15 is 0 Å². The second kappa shape index (κ2) is 7.89. The van der Waals surface area contributed by atoms with E-state index in [1.807, 2.05) is 4.90 Å². The number of amides is 1. The van der Waals surface area contributed by atoms with E-state index in [0.717, 1.165) is 45.3 Å². The van der Waals surface area contributed by atoms with Crippen molar-refractivity contribution in [2.45, 2.75) is 62.9 Å². The third kappa shape index (κ3) is 4.89. The van der Waals surface area contributed by atoms with Gasteiger partial charge in [-0.15, -0.1) is 0 Å². The standard InChI is InChI=1S/C20H31N3O3S/c1-20(2,3)22-27(25,26)17-10-8-15(9-11-17)19(24)23-13-5-6-16-14-21-12-4-7-18(16)23/h8-11,16,18,21-22H,4-7,12-14H2,1-3H3. The summed E-state index contributed by atoms with van der Waals surface area (Å²) >= 11 is 0. The largest absolute Gasteiger partial charge is 0.335 e. The van der Waals surface area contributed by atoms with Crippen molar-refractivity contribution in [2.24, 2.45) is 5.92 Å². The molecule has 2 fully saturated rings. The van der Waals surface area contributed by atoms with Crippen LogP contribution in [0.4, 0.5) is 0 Å². The average molecular weight is 394 g/mol. The number of hydrogen-bond donors (Lipinski definition) is 2. The highest BCUT2D eigenvalue weighted by Gasteiger charge is 2.35. The van der Waals surface area contributed by atoms with Gasteiger partial charge < -0.3 is 10.2 Å². The minimum Gasteiger partial charge on any atom is -0.335 e. The van der Waals surface area contributed by atoms with Gasteiger partial charge in [0.1, 0.15) is 0 Å². The number of fused-ring (bicyclic) bond motifs is 1. The Hall–Kier alpha value is -1.44. The summed E-state index contributed by atoms with van der Waals surface area (Å²) in [6, 6.07) is 6.61. The molecule has 150 valence electrons. The van der Waals surface area contributed by atoms with Crippen molar-refractivity contribution in [2.75, 3.05) is 19.6 Å². The van der Waals surface area contributed by atoms with E-state index in [-0.39, 0.29) is 16.8 Å². The predicted molar refractivity (Wildman–Crippen MR) is 106 cm³/mol. The molecule has 6 nitrogen and oxygen atoms in total. The molecule has 2 N–H and O–H groups in total. The maximum atomic E-state index is 13.1. The van der Waals surface area contributed by atoms with Crippen LogP contribution in [0.2, 0.25) is 0 Å². The number of carbonyl (C=O) groups excluding carboxylic acids is 1. The molecule has 2 saturated heterocycles. The Kier molecular flexibility index (Phi) is 5.93. The van der Waals surface area contributed by atoms with Crippen molar-refractivity contribution in [1.82, 2.24) is 14.9 Å². The zero-order valence-electron chi connectivity index (χ0n) is 16.5. The Labute approximate surface area is 162 Å². The summed E-state index contributed by atoms with van der Waals surface area (Å²) in [5, 5.41) is 3.48. The molecule has 7 heteroatoms. The number of sulfonamides is 1. The van der Waals surface area contributed by atoms with Crippen LogP contribution >= 0.6 is 0 Å². The molecule has 2 atom stereocenters. The van der Waals surface area contributed by atoms with E-state index in [1.165, 1.54) is 12.1 Å². The molecular weight excluding hydrogens is 362 g/mol. The molecule has 1 amide bonds. The molecule has 1 aromatic rings. The monoisotopic (exact) mass is 393 g/mol. The lowest BCUT2D eigenvalue weighted by Crippen LogP contribution is -2.49. The van der Waals surface area contributed by atoms with E-state index in [9.17, 15) is 13.2 Å². The first-order valence-corrected chi connectivity index (χ1v) is 11.3. The van der Waals surface area contributed by atoms with Crippen molar-refractivity contribution in [3.63, 3.8) is 0 Å². The van der Waals surface area contributed by atoms with Gasteiger partial charge in [0.15, 0.2) is 0 Å². The summed E-state index contributed by atoms with van der Waals surface area (Å²) < 4.78 is 27.5. The lowest BCUT2D eigenvalue weighted by Gasteiger charge is -2.40. The molecule has 0 saturated carbocycles. The fourth-order valence-electron chi connectivity index (χ4n) is 4.15. The highest BCUT2D eigenvalue weighted by Crippen LogP contribution is 2.29. The van der Waals surface area contributed by atoms with Gasteiger partial charge in [-0.05, 0) is 89.7 Å². The number of piperidine rings is 1. The van der Waals surface area contributed by atoms with E-state index in [1.54, 1.807) is 32.9 Å². The average Bonchev–Trinajstić information content (AvgIpc) is 2.84. The molecule has 2 unspecified atom stereocenters. The quantitative estimate of drug-likeness (QED) is 0.826. The summed E-state index contributed by atoms with van der Waals surface area (Å²) in [6.07, 6.45) is 4.31. The Bertz CT molecular complexity index is 769. The number of nitrogens with one attached hydrogen (secondary N) is 2. The van der Waals surface area contributed by atoms with Crippen LogP contribution in [-0.2, 0) is 10.0 Å². The number of benzene rings is 1. The highest BCUT2D eigenvalue weighted by atomic mass is 32.2. The van der Waals surface area contributed by atoms with Crippen LogP contribution in [0.1, 0.15) is 56.8 Å². The normalized spacial score (nSPS) is 24.2. The molecule has 27 heavy (non-hydrogen) atoms. The summed E-state index contributed by atoms with van der Waals surface area (Å²) in [4.78, 5) is 15.3. The Morgan fingerprint density at radius 3 is 2.52 bits per heavy atom. The lowest BCUT2D eigenvalue weighted by molar-refractivity contribution is 0.0495. The molecule has 2 aliphatic rings. The van der Waals surface area contributed by atoms with Crippen LogP contribution in [-0.4, -0.2) is 50.4 Å². The Morgan fingerprint density at radius 2 is 1.85 bits per heavy atom. The minimum atomic E-state index is -3.59. The number of nitrogens with zero attached hydrogens (tertiary/aromatic N) is 1. The van der Waals surface area contributed by atoms with Gasteiger partial charge in [0.2, 0.25) is 10.0 Å². The minimum absolute atomic E-state index is 0.0133. The second-order valence-corrected chi connectivity index (χ2v) is 10.4. The molecule has 1 aromatic carbocycles. The zero-order valence-corrected chi connectivity index (χ0v) is 17.3. The fraction of sp³-hybridized carbons (Fsp3) is 0.650. The molecular formula is C20H31N3O3S. The van der Waals surface area contributed by atoms with Crippen molar-refractivity contribution in [1.29, 1.82) is 0 Å². The summed E-state index contributed by atoms with van der Waals surface area (Å²) in [5.74, 6) is 0.528. The van der Waals surface area contributed by atoms with E-state index in [0.29, 0.717) is 11.5 Å². The van der Waals surface area contributed by atoms with E-state index < -0.39 is 15.6 Å². The van der Waals surface area contributed by atoms with E-state index in [4.69, 9.17) is 0 Å². The first kappa shape index (κ1) is 20.3. The maximum absolute atomic E-state index is 13.1. The number of rotatable bonds is 3. The maximum Gasteiger partial charge on any atom is 0.254 e. The summed E-state index contributed by atoms with van der Waals surface area (Å²) in [5.41, 5.74) is 0.00601. The van der Waals surface area contributed by atoms with Crippen molar-refractivity contribution < 1.29 is 13.2 Å². The van der Waals surface area contributed by atoms with Gasteiger partial charge in [-0.1, -0.05) is 0 Å². The third-order valence-electron chi connectivity index (χ3n) is 5.29. The number of likely N-dealkylation sites (tertiary alicyclic amines) is 1. The van der Waals surface area contributed by atoms with Crippen LogP contribution in [0.3, 0.4) is 0 Å². The van der Waals surface area contributed by atoms with Crippen LogP contribution in [0.5, 0.6) is 0 Å². The fourth-order valence-corrected chi connectivity index (χ4v) is 5.56. The van der Waals surface area contributed by atoms with Gasteiger partial charge in [0.25, 0.3) is 5.91 Å². The molecule has 0 bridgehead atoms. The molecule has 2 heterocycles. The smallest absolute Gasteiger partial charge is 0.254 e. The molecule has 0 spiro atoms. The third-order valence-corrected chi connectivity index (χ3v) is 7.07. The first-order valence-electron chi connectivity index (χ1n) is 9.83. The summed E-state index contributed by atoms with van der Waals surface area (Å²) in [6.45, 7) is 8.18. The van der Waals surface area contributed by atoms with Gasteiger partial charge in [-0.25, -0.2) is 13.1 Å². The van der Waals surface area contributed by atoms with Gasteiger partial charge in [-0.2, -0.15) is 0 Å². The zero-order chi connectivity index (χ0) is 19.7. The van der Waals surface area contributed by atoms with Crippen LogP contribution in [0.15, 0.2) is 29.2 Å². The molecule has 2 aliphatic heterocycles. The van der Waals surface area contributed by atoms with Crippen LogP contribution in [0, 0.1) is 5.92 Å². The van der Waals surface area contributed by atoms with Gasteiger partial charge >= 0.3 is 0 Å². The van der Waals surface area contributed by atoms with Crippen molar-refractivity contribution in [3.05, 3.63) is 29.8 Å². The molecule has 0 aliphatic carbocycles. The SMILES string of the molecule is CC(C)(C)NS(=O)(=O)c1ccc(C(=O)N2CCCC3CNCCCC32)cc1. The predicted octanol–water partition coefficient (Wildman–Crippen LogP) is 2.37. The topological polar surface area (TPSA) is 78.5 Å². The second-order valence-electron chi connectivity index (χ2n) is 8.69. The lowest BCUT2D eigenvalue weighted by atomic mass is 9.87. The van der Waals surface area contributed by atoms with Gasteiger partial charge in [0, 0.05) is 23.7 Å². The Balaban J connectivity index is 1.77. The molecule has 3 rings (SSSR count). The molecule has 0 radical (unpaired) electrons. The van der Waals surface area contributed by atoms with Gasteiger partial charge in [-0.3, -0.25) is 4.79 Å². The van der Waals surface area contributed by atoms with Crippen molar-refractivity contribution >= 4 is 15.9 Å². The number of carbonyl (C=O) groups is 1. The highest BCUT2D eigenvalue weighted by molar-refractivity contribution is 7.89. The van der Waals surface area contributed by atoms with Crippen molar-refractivity contribution in [3.8, 4) is 0 Å². The number of hydrogen-bond acceptors (Lipinski definition) is 4. The van der Waals surface area contributed by atoms with Crippen LogP contribution in [0.25, 0.3) is 0 Å².